The van der Waals surface area contributed by atoms with Gasteiger partial charge in [0.25, 0.3) is 5.91 Å². The van der Waals surface area contributed by atoms with Gasteiger partial charge < -0.3 is 9.88 Å². The highest BCUT2D eigenvalue weighted by Gasteiger charge is 2.41. The van der Waals surface area contributed by atoms with Crippen molar-refractivity contribution in [3.8, 4) is 0 Å². The maximum Gasteiger partial charge on any atom is 0.259 e. The van der Waals surface area contributed by atoms with Gasteiger partial charge in [-0.15, -0.1) is 0 Å². The van der Waals surface area contributed by atoms with Gasteiger partial charge in [0.15, 0.2) is 0 Å². The summed E-state index contributed by atoms with van der Waals surface area (Å²) in [6.45, 7) is 7.10. The van der Waals surface area contributed by atoms with E-state index >= 15 is 0 Å². The molecule has 0 spiro atoms. The molecule has 2 aliphatic rings. The highest BCUT2D eigenvalue weighted by Crippen LogP contribution is 2.46. The van der Waals surface area contributed by atoms with Crippen LogP contribution in [0.2, 0.25) is 0 Å². The fourth-order valence-corrected chi connectivity index (χ4v) is 5.48. The van der Waals surface area contributed by atoms with Crippen LogP contribution in [-0.2, 0) is 16.1 Å². The van der Waals surface area contributed by atoms with Crippen LogP contribution >= 0.6 is 0 Å². The van der Waals surface area contributed by atoms with Gasteiger partial charge in [-0.3, -0.25) is 19.5 Å². The van der Waals surface area contributed by atoms with Crippen molar-refractivity contribution in [2.24, 2.45) is 5.92 Å². The average Bonchev–Trinajstić information content (AvgIpc) is 3.32. The molecule has 0 unspecified atom stereocenters. The summed E-state index contributed by atoms with van der Waals surface area (Å²) in [5.41, 5.74) is 6.64. The van der Waals surface area contributed by atoms with Gasteiger partial charge in [-0.25, -0.2) is 0 Å². The quantitative estimate of drug-likeness (QED) is 0.437. The Hall–Kier alpha value is -3.93. The van der Waals surface area contributed by atoms with E-state index in [2.05, 4.69) is 65.2 Å². The largest absolute Gasteiger partial charge is 0.356 e. The van der Waals surface area contributed by atoms with Crippen LogP contribution in [0.25, 0.3) is 21.8 Å². The molecule has 0 aliphatic carbocycles. The molecular formula is C29H28N4O2. The summed E-state index contributed by atoms with van der Waals surface area (Å²) < 4.78 is 2.32. The lowest BCUT2D eigenvalue weighted by Crippen LogP contribution is -2.33. The third-order valence-electron chi connectivity index (χ3n) is 7.23. The van der Waals surface area contributed by atoms with Crippen molar-refractivity contribution in [3.05, 3.63) is 83.3 Å². The zero-order valence-electron chi connectivity index (χ0n) is 20.2. The predicted octanol–water partition coefficient (Wildman–Crippen LogP) is 5.44. The zero-order valence-corrected chi connectivity index (χ0v) is 20.2. The first-order valence-electron chi connectivity index (χ1n) is 12.2. The Balaban J connectivity index is 1.61. The maximum atomic E-state index is 13.7. The molecule has 6 rings (SSSR count). The summed E-state index contributed by atoms with van der Waals surface area (Å²) in [5.74, 6) is -0.152. The summed E-state index contributed by atoms with van der Waals surface area (Å²) in [5, 5.41) is 5.73. The number of carbonyl (C=O) groups excluding carboxylic acids is 2. The minimum atomic E-state index is -0.287. The smallest absolute Gasteiger partial charge is 0.259 e. The van der Waals surface area contributed by atoms with Gasteiger partial charge in [0.1, 0.15) is 0 Å². The topological polar surface area (TPSA) is 67.2 Å². The summed E-state index contributed by atoms with van der Waals surface area (Å²) >= 11 is 0. The highest BCUT2D eigenvalue weighted by atomic mass is 16.2. The number of rotatable bonds is 4. The molecule has 0 radical (unpaired) electrons. The van der Waals surface area contributed by atoms with Crippen LogP contribution in [0.1, 0.15) is 44.2 Å². The second-order valence-electron chi connectivity index (χ2n) is 9.98. The highest BCUT2D eigenvalue weighted by molar-refractivity contribution is 6.11. The molecule has 0 bridgehead atoms. The SMILES string of the molecule is CC(=O)N1CC2=C(C1=O)[C@@H](c1ccc3ncccc3c1)c1cn(CCC(C)C)c3cccc(c13)N2. The summed E-state index contributed by atoms with van der Waals surface area (Å²) in [7, 11) is 0. The van der Waals surface area contributed by atoms with Gasteiger partial charge in [-0.2, -0.15) is 0 Å². The summed E-state index contributed by atoms with van der Waals surface area (Å²) in [6, 6.07) is 16.5. The molecule has 6 heteroatoms. The fraction of sp³-hybridized carbons (Fsp3) is 0.276. The van der Waals surface area contributed by atoms with Crippen LogP contribution in [0, 0.1) is 5.92 Å². The molecular weight excluding hydrogens is 436 g/mol. The summed E-state index contributed by atoms with van der Waals surface area (Å²) in [6.07, 6.45) is 5.08. The van der Waals surface area contributed by atoms with Crippen LogP contribution in [0.3, 0.4) is 0 Å². The van der Waals surface area contributed by atoms with Crippen molar-refractivity contribution in [3.63, 3.8) is 0 Å². The Morgan fingerprint density at radius 3 is 2.83 bits per heavy atom. The van der Waals surface area contributed by atoms with Crippen molar-refractivity contribution < 1.29 is 9.59 Å². The number of anilines is 1. The van der Waals surface area contributed by atoms with Crippen LogP contribution < -0.4 is 5.32 Å². The number of amides is 2. The van der Waals surface area contributed by atoms with E-state index in [0.717, 1.165) is 57.3 Å². The van der Waals surface area contributed by atoms with Crippen LogP contribution in [0.15, 0.2) is 72.2 Å². The Morgan fingerprint density at radius 2 is 2.03 bits per heavy atom. The number of hydrogen-bond acceptors (Lipinski definition) is 4. The molecule has 2 aliphatic heterocycles. The van der Waals surface area contributed by atoms with E-state index in [9.17, 15) is 9.59 Å². The third-order valence-corrected chi connectivity index (χ3v) is 7.23. The lowest BCUT2D eigenvalue weighted by Gasteiger charge is -2.20. The first kappa shape index (κ1) is 21.6. The number of imide groups is 1. The van der Waals surface area contributed by atoms with Gasteiger partial charge in [0.2, 0.25) is 5.91 Å². The first-order chi connectivity index (χ1) is 16.9. The molecule has 1 N–H and O–H groups in total. The van der Waals surface area contributed by atoms with Gasteiger partial charge in [0, 0.05) is 53.9 Å². The van der Waals surface area contributed by atoms with E-state index in [1.54, 1.807) is 6.20 Å². The molecule has 0 saturated heterocycles. The maximum absolute atomic E-state index is 13.7. The van der Waals surface area contributed by atoms with E-state index in [-0.39, 0.29) is 24.3 Å². The van der Waals surface area contributed by atoms with Crippen molar-refractivity contribution in [1.82, 2.24) is 14.5 Å². The molecule has 6 nitrogen and oxygen atoms in total. The fourth-order valence-electron chi connectivity index (χ4n) is 5.48. The van der Waals surface area contributed by atoms with Crippen molar-refractivity contribution in [2.75, 3.05) is 11.9 Å². The monoisotopic (exact) mass is 464 g/mol. The summed E-state index contributed by atoms with van der Waals surface area (Å²) in [4.78, 5) is 31.8. The van der Waals surface area contributed by atoms with Gasteiger partial charge >= 0.3 is 0 Å². The average molecular weight is 465 g/mol. The Labute approximate surface area is 204 Å². The zero-order chi connectivity index (χ0) is 24.3. The molecule has 2 aromatic heterocycles. The molecule has 1 atom stereocenters. The molecule has 0 fully saturated rings. The second kappa shape index (κ2) is 8.08. The van der Waals surface area contributed by atoms with E-state index in [1.807, 2.05) is 18.2 Å². The van der Waals surface area contributed by atoms with Crippen molar-refractivity contribution in [1.29, 1.82) is 0 Å². The van der Waals surface area contributed by atoms with Crippen LogP contribution in [0.5, 0.6) is 0 Å². The molecule has 2 aromatic carbocycles. The minimum absolute atomic E-state index is 0.216. The van der Waals surface area contributed by atoms with Crippen molar-refractivity contribution in [2.45, 2.75) is 39.7 Å². The van der Waals surface area contributed by atoms with E-state index in [0.29, 0.717) is 11.5 Å². The van der Waals surface area contributed by atoms with Crippen LogP contribution in [0.4, 0.5) is 5.69 Å². The first-order valence-corrected chi connectivity index (χ1v) is 12.2. The number of nitrogens with one attached hydrogen (secondary N) is 1. The van der Waals surface area contributed by atoms with E-state index in [1.165, 1.54) is 11.8 Å². The molecule has 176 valence electrons. The Bertz CT molecular complexity index is 1550. The number of benzene rings is 2. The third kappa shape index (κ3) is 3.43. The molecule has 2 amide bonds. The Kier molecular flexibility index (Phi) is 4.99. The van der Waals surface area contributed by atoms with Gasteiger partial charge in [0.05, 0.1) is 23.2 Å². The van der Waals surface area contributed by atoms with E-state index in [4.69, 9.17) is 0 Å². The number of fused-ring (bicyclic) bond motifs is 1. The second-order valence-corrected chi connectivity index (χ2v) is 9.98. The molecule has 0 saturated carbocycles. The van der Waals surface area contributed by atoms with Gasteiger partial charge in [-0.05, 0) is 53.8 Å². The Morgan fingerprint density at radius 1 is 1.17 bits per heavy atom. The normalized spacial score (nSPS) is 17.3. The number of carbonyl (C=O) groups is 2. The minimum Gasteiger partial charge on any atom is -0.356 e. The number of pyridine rings is 1. The number of aryl methyl sites for hydroxylation is 1. The standard InChI is InChI=1S/C29H28N4O2/c1-17(2)11-13-32-15-21-26(20-9-10-22-19(14-20)6-5-12-30-22)28-24(16-33(18(3)34)29(28)35)31-23-7-4-8-25(32)27(21)23/h4-10,12,14-15,17,26,31H,11,13,16H2,1-3H3/t26-/m0/s1. The molecule has 4 heterocycles. The van der Waals surface area contributed by atoms with E-state index < -0.39 is 0 Å². The predicted molar refractivity (Wildman–Crippen MR) is 138 cm³/mol. The molecule has 4 aromatic rings. The number of hydrogen-bond donors (Lipinski definition) is 1. The van der Waals surface area contributed by atoms with Crippen LogP contribution in [-0.4, -0.2) is 32.8 Å². The van der Waals surface area contributed by atoms with Crippen molar-refractivity contribution >= 4 is 39.3 Å². The molecule has 35 heavy (non-hydrogen) atoms. The lowest BCUT2D eigenvalue weighted by molar-refractivity contribution is -0.139. The van der Waals surface area contributed by atoms with Gasteiger partial charge in [-0.1, -0.05) is 32.0 Å². The number of nitrogens with zero attached hydrogens (tertiary/aromatic N) is 3. The lowest BCUT2D eigenvalue weighted by atomic mass is 9.84. The number of aromatic nitrogens is 2.